The predicted octanol–water partition coefficient (Wildman–Crippen LogP) is 5.94. The molecule has 26 heavy (non-hydrogen) atoms. The van der Waals surface area contributed by atoms with Gasteiger partial charge in [0.1, 0.15) is 5.70 Å². The summed E-state index contributed by atoms with van der Waals surface area (Å²) in [6, 6.07) is 8.07. The second-order valence-electron chi connectivity index (χ2n) is 4.61. The minimum Gasteiger partial charge on any atom is -0.145 e. The predicted molar refractivity (Wildman–Crippen MR) is 93.8 cm³/mol. The molecular weight excluding hydrogens is 348 g/mol. The first-order chi connectivity index (χ1) is 12.7. The van der Waals surface area contributed by atoms with Gasteiger partial charge in [0.25, 0.3) is 0 Å². The SMILES string of the molecule is O=NC(=Cc1ccccc1)c1c(N=O)c(N=O)c(N=O)c(N=O)c1N=O. The molecule has 12 heteroatoms. The largest absolute Gasteiger partial charge is 0.171 e. The summed E-state index contributed by atoms with van der Waals surface area (Å²) in [6.45, 7) is 0. The van der Waals surface area contributed by atoms with Gasteiger partial charge in [-0.25, -0.2) is 0 Å². The zero-order valence-electron chi connectivity index (χ0n) is 12.6. The van der Waals surface area contributed by atoms with Crippen LogP contribution in [0.25, 0.3) is 11.8 Å². The van der Waals surface area contributed by atoms with Crippen molar-refractivity contribution in [3.63, 3.8) is 0 Å². The minimum absolute atomic E-state index is 0.426. The van der Waals surface area contributed by atoms with Crippen molar-refractivity contribution in [2.24, 2.45) is 31.1 Å². The van der Waals surface area contributed by atoms with Crippen molar-refractivity contribution in [1.29, 1.82) is 0 Å². The topological polar surface area (TPSA) is 177 Å². The standard InChI is InChI=1S/C14H6N6O6/c21-15-8(6-7-4-2-1-3-5-7)9-10(16-22)12(18-24)14(20-26)13(19-25)11(9)17-23/h1-6H. The Hall–Kier alpha value is -4.22. The Morgan fingerprint density at radius 2 is 1.04 bits per heavy atom. The van der Waals surface area contributed by atoms with E-state index in [9.17, 15) is 29.4 Å². The second-order valence-corrected chi connectivity index (χ2v) is 4.61. The van der Waals surface area contributed by atoms with E-state index in [2.05, 4.69) is 31.1 Å². The van der Waals surface area contributed by atoms with E-state index in [-0.39, 0.29) is 0 Å². The van der Waals surface area contributed by atoms with Gasteiger partial charge in [-0.1, -0.05) is 30.3 Å². The van der Waals surface area contributed by atoms with E-state index >= 15 is 0 Å². The lowest BCUT2D eigenvalue weighted by Gasteiger charge is -2.09. The number of hydrogen-bond donors (Lipinski definition) is 0. The van der Waals surface area contributed by atoms with Crippen LogP contribution >= 0.6 is 0 Å². The summed E-state index contributed by atoms with van der Waals surface area (Å²) in [4.78, 5) is 66.7. The first-order valence-corrected chi connectivity index (χ1v) is 6.68. The summed E-state index contributed by atoms with van der Waals surface area (Å²) in [5.41, 5.74) is -5.50. The Morgan fingerprint density at radius 1 is 0.615 bits per heavy atom. The molecule has 0 atom stereocenters. The van der Waals surface area contributed by atoms with Gasteiger partial charge in [0.05, 0.1) is 5.56 Å². The van der Waals surface area contributed by atoms with Gasteiger partial charge in [-0.15, -0.1) is 29.4 Å². The summed E-state index contributed by atoms with van der Waals surface area (Å²) in [5.74, 6) is 0. The van der Waals surface area contributed by atoms with Gasteiger partial charge >= 0.3 is 0 Å². The molecule has 0 amide bonds. The van der Waals surface area contributed by atoms with Crippen molar-refractivity contribution >= 4 is 40.2 Å². The summed E-state index contributed by atoms with van der Waals surface area (Å²) in [7, 11) is 0. The third-order valence-corrected chi connectivity index (χ3v) is 3.28. The molecule has 0 aliphatic heterocycles. The highest BCUT2D eigenvalue weighted by molar-refractivity contribution is 6.03. The molecule has 0 heterocycles. The molecule has 12 nitrogen and oxygen atoms in total. The summed E-state index contributed by atoms with van der Waals surface area (Å²) in [6.07, 6.45) is 1.14. The molecule has 2 aromatic rings. The van der Waals surface area contributed by atoms with E-state index in [1.807, 2.05) is 0 Å². The molecule has 2 rings (SSSR count). The molecule has 0 aliphatic rings. The normalized spacial score (nSPS) is 10.7. The highest BCUT2D eigenvalue weighted by Crippen LogP contribution is 2.55. The van der Waals surface area contributed by atoms with Crippen molar-refractivity contribution in [3.8, 4) is 0 Å². The van der Waals surface area contributed by atoms with Crippen LogP contribution in [0.15, 0.2) is 61.4 Å². The fourth-order valence-electron chi connectivity index (χ4n) is 2.22. The first kappa shape index (κ1) is 18.1. The molecule has 0 unspecified atom stereocenters. The van der Waals surface area contributed by atoms with Crippen molar-refractivity contribution in [1.82, 2.24) is 0 Å². The maximum Gasteiger partial charge on any atom is 0.171 e. The zero-order valence-corrected chi connectivity index (χ0v) is 12.6. The second kappa shape index (κ2) is 8.05. The average Bonchev–Trinajstić information content (AvgIpc) is 2.70. The summed E-state index contributed by atoms with van der Waals surface area (Å²) in [5, 5.41) is 15.0. The molecule has 128 valence electrons. The van der Waals surface area contributed by atoms with E-state index in [0.29, 0.717) is 5.56 Å². The number of rotatable bonds is 8. The first-order valence-electron chi connectivity index (χ1n) is 6.68. The van der Waals surface area contributed by atoms with Gasteiger partial charge in [-0.3, -0.25) is 0 Å². The van der Waals surface area contributed by atoms with Crippen molar-refractivity contribution < 1.29 is 0 Å². The van der Waals surface area contributed by atoms with Gasteiger partial charge in [0, 0.05) is 0 Å². The Labute approximate surface area is 143 Å². The van der Waals surface area contributed by atoms with Crippen LogP contribution in [0, 0.1) is 29.4 Å². The number of hydrogen-bond acceptors (Lipinski definition) is 12. The number of nitroso groups, excluding NO2 is 6. The van der Waals surface area contributed by atoms with Gasteiger partial charge in [-0.2, -0.15) is 0 Å². The smallest absolute Gasteiger partial charge is 0.145 e. The van der Waals surface area contributed by atoms with Crippen LogP contribution in [0.1, 0.15) is 11.1 Å². The van der Waals surface area contributed by atoms with Gasteiger partial charge in [-0.05, 0) is 42.7 Å². The molecule has 0 N–H and O–H groups in total. The highest BCUT2D eigenvalue weighted by atomic mass is 16.3. The van der Waals surface area contributed by atoms with Crippen LogP contribution in [0.2, 0.25) is 0 Å². The monoisotopic (exact) mass is 354 g/mol. The summed E-state index contributed by atoms with van der Waals surface area (Å²) < 4.78 is 0. The molecule has 0 fully saturated rings. The van der Waals surface area contributed by atoms with E-state index in [4.69, 9.17) is 0 Å². The van der Waals surface area contributed by atoms with Crippen LogP contribution in [0.4, 0.5) is 28.4 Å². The Kier molecular flexibility index (Phi) is 5.61. The lowest BCUT2D eigenvalue weighted by atomic mass is 10.0. The molecule has 2 aromatic carbocycles. The lowest BCUT2D eigenvalue weighted by molar-refractivity contribution is 1.30. The molecule has 0 bridgehead atoms. The van der Waals surface area contributed by atoms with Crippen LogP contribution in [0.5, 0.6) is 0 Å². The number of benzene rings is 2. The number of nitrogens with zero attached hydrogens (tertiary/aromatic N) is 6. The quantitative estimate of drug-likeness (QED) is 0.418. The Balaban J connectivity index is 3.00. The maximum atomic E-state index is 11.3. The lowest BCUT2D eigenvalue weighted by Crippen LogP contribution is -1.87. The maximum absolute atomic E-state index is 11.3. The van der Waals surface area contributed by atoms with Crippen LogP contribution < -0.4 is 0 Å². The molecule has 0 spiro atoms. The van der Waals surface area contributed by atoms with E-state index in [1.165, 1.54) is 0 Å². The Morgan fingerprint density at radius 3 is 1.42 bits per heavy atom. The van der Waals surface area contributed by atoms with Crippen LogP contribution in [0.3, 0.4) is 0 Å². The van der Waals surface area contributed by atoms with Crippen molar-refractivity contribution in [2.45, 2.75) is 0 Å². The molecule has 0 aromatic heterocycles. The minimum atomic E-state index is -0.993. The van der Waals surface area contributed by atoms with Crippen LogP contribution in [-0.4, -0.2) is 0 Å². The van der Waals surface area contributed by atoms with Gasteiger partial charge in [0.15, 0.2) is 28.4 Å². The van der Waals surface area contributed by atoms with E-state index < -0.39 is 39.7 Å². The third kappa shape index (κ3) is 3.06. The van der Waals surface area contributed by atoms with Gasteiger partial charge < -0.3 is 0 Å². The fraction of sp³-hybridized carbons (Fsp3) is 0. The zero-order chi connectivity index (χ0) is 19.1. The summed E-state index contributed by atoms with van der Waals surface area (Å²) >= 11 is 0. The molecule has 0 aliphatic carbocycles. The van der Waals surface area contributed by atoms with Crippen LogP contribution in [-0.2, 0) is 0 Å². The van der Waals surface area contributed by atoms with Gasteiger partial charge in [0.2, 0.25) is 0 Å². The highest BCUT2D eigenvalue weighted by Gasteiger charge is 2.31. The van der Waals surface area contributed by atoms with Crippen molar-refractivity contribution in [3.05, 3.63) is 70.9 Å². The fourth-order valence-corrected chi connectivity index (χ4v) is 2.22. The third-order valence-electron chi connectivity index (χ3n) is 3.28. The average molecular weight is 354 g/mol. The molecule has 0 saturated heterocycles. The van der Waals surface area contributed by atoms with E-state index in [1.54, 1.807) is 30.3 Å². The molecule has 0 saturated carbocycles. The van der Waals surface area contributed by atoms with E-state index in [0.717, 1.165) is 6.08 Å². The molecular formula is C14H6N6O6. The van der Waals surface area contributed by atoms with Crippen molar-refractivity contribution in [2.75, 3.05) is 0 Å². The molecule has 0 radical (unpaired) electrons. The Bertz CT molecular complexity index is 915.